The van der Waals surface area contributed by atoms with Crippen molar-refractivity contribution in [1.29, 1.82) is 0 Å². The van der Waals surface area contributed by atoms with Crippen LogP contribution in [0.2, 0.25) is 0 Å². The molecule has 0 bridgehead atoms. The molecule has 0 radical (unpaired) electrons. The van der Waals surface area contributed by atoms with Gasteiger partial charge in [-0.1, -0.05) is 54.6 Å². The van der Waals surface area contributed by atoms with Gasteiger partial charge in [0.05, 0.1) is 11.8 Å². The fourth-order valence-corrected chi connectivity index (χ4v) is 2.97. The number of hydrogen-bond donors (Lipinski definition) is 2. The molecule has 4 rings (SSSR count). The molecule has 1 unspecified atom stereocenters. The normalized spacial score (nSPS) is 12.3. The summed E-state index contributed by atoms with van der Waals surface area (Å²) in [6.07, 6.45) is 1.08. The molecule has 1 aromatic heterocycles. The van der Waals surface area contributed by atoms with Crippen molar-refractivity contribution < 1.29 is 9.52 Å². The first-order valence-electron chi connectivity index (χ1n) is 8.67. The van der Waals surface area contributed by atoms with Crippen molar-refractivity contribution in [2.45, 2.75) is 12.6 Å². The second-order valence-electron chi connectivity index (χ2n) is 6.26. The van der Waals surface area contributed by atoms with Crippen molar-refractivity contribution in [2.75, 3.05) is 6.54 Å². The number of aliphatic hydroxyl groups is 1. The Morgan fingerprint density at radius 3 is 2.54 bits per heavy atom. The van der Waals surface area contributed by atoms with Gasteiger partial charge in [0.2, 0.25) is 5.89 Å². The van der Waals surface area contributed by atoms with Crippen LogP contribution in [-0.2, 0) is 6.54 Å². The summed E-state index contributed by atoms with van der Waals surface area (Å²) in [6, 6.07) is 24.0. The molecule has 0 amide bonds. The molecule has 26 heavy (non-hydrogen) atoms. The smallest absolute Gasteiger partial charge is 0.226 e. The average molecular weight is 344 g/mol. The summed E-state index contributed by atoms with van der Waals surface area (Å²) in [6.45, 7) is 0.993. The van der Waals surface area contributed by atoms with Gasteiger partial charge in [-0.25, -0.2) is 4.98 Å². The molecule has 2 N–H and O–H groups in total. The molecule has 4 aromatic rings. The SMILES string of the molecule is OC(CNCc1coc(-c2ccccc2)n1)c1ccc2ccccc2c1. The summed E-state index contributed by atoms with van der Waals surface area (Å²) in [4.78, 5) is 4.48. The minimum Gasteiger partial charge on any atom is -0.444 e. The Bertz CT molecular complexity index is 995. The second kappa shape index (κ2) is 7.52. The predicted molar refractivity (Wildman–Crippen MR) is 103 cm³/mol. The molecule has 0 saturated heterocycles. The van der Waals surface area contributed by atoms with Crippen LogP contribution in [0.4, 0.5) is 0 Å². The van der Waals surface area contributed by atoms with E-state index in [4.69, 9.17) is 4.42 Å². The van der Waals surface area contributed by atoms with Crippen LogP contribution in [0.5, 0.6) is 0 Å². The molecule has 1 atom stereocenters. The van der Waals surface area contributed by atoms with E-state index >= 15 is 0 Å². The van der Waals surface area contributed by atoms with E-state index in [0.717, 1.165) is 22.2 Å². The number of benzene rings is 3. The highest BCUT2D eigenvalue weighted by Gasteiger charge is 2.10. The molecule has 4 nitrogen and oxygen atoms in total. The first-order valence-corrected chi connectivity index (χ1v) is 8.67. The predicted octanol–water partition coefficient (Wildman–Crippen LogP) is 4.32. The molecule has 4 heteroatoms. The Balaban J connectivity index is 1.36. The van der Waals surface area contributed by atoms with Crippen molar-refractivity contribution in [3.05, 3.63) is 90.3 Å². The molecular formula is C22H20N2O2. The van der Waals surface area contributed by atoms with Gasteiger partial charge in [-0.3, -0.25) is 0 Å². The number of oxazole rings is 1. The highest BCUT2D eigenvalue weighted by molar-refractivity contribution is 5.83. The first kappa shape index (κ1) is 16.5. The zero-order chi connectivity index (χ0) is 17.8. The number of hydrogen-bond acceptors (Lipinski definition) is 4. The minimum absolute atomic E-state index is 0.450. The lowest BCUT2D eigenvalue weighted by Gasteiger charge is -2.12. The zero-order valence-corrected chi connectivity index (χ0v) is 14.3. The largest absolute Gasteiger partial charge is 0.444 e. The Morgan fingerprint density at radius 2 is 1.69 bits per heavy atom. The summed E-state index contributed by atoms with van der Waals surface area (Å²) in [5.74, 6) is 0.609. The molecule has 0 aliphatic carbocycles. The lowest BCUT2D eigenvalue weighted by Crippen LogP contribution is -2.21. The highest BCUT2D eigenvalue weighted by atomic mass is 16.3. The summed E-state index contributed by atoms with van der Waals surface area (Å²) in [7, 11) is 0. The van der Waals surface area contributed by atoms with Crippen LogP contribution >= 0.6 is 0 Å². The minimum atomic E-state index is -0.569. The molecule has 1 heterocycles. The van der Waals surface area contributed by atoms with Crippen molar-refractivity contribution in [3.63, 3.8) is 0 Å². The van der Waals surface area contributed by atoms with Gasteiger partial charge < -0.3 is 14.8 Å². The molecule has 0 fully saturated rings. The highest BCUT2D eigenvalue weighted by Crippen LogP contribution is 2.21. The van der Waals surface area contributed by atoms with E-state index < -0.39 is 6.10 Å². The fraction of sp³-hybridized carbons (Fsp3) is 0.136. The van der Waals surface area contributed by atoms with Crippen molar-refractivity contribution in [2.24, 2.45) is 0 Å². The van der Waals surface area contributed by atoms with Crippen LogP contribution in [0.1, 0.15) is 17.4 Å². The van der Waals surface area contributed by atoms with Gasteiger partial charge in [-0.05, 0) is 34.5 Å². The fourth-order valence-electron chi connectivity index (χ4n) is 2.97. The standard InChI is InChI=1S/C22H20N2O2/c25-21(19-11-10-16-6-4-5-9-18(16)12-19)14-23-13-20-15-26-22(24-20)17-7-2-1-3-8-17/h1-12,15,21,23,25H,13-14H2. The van der Waals surface area contributed by atoms with Crippen LogP contribution in [-0.4, -0.2) is 16.6 Å². The van der Waals surface area contributed by atoms with Crippen LogP contribution in [0.15, 0.2) is 83.5 Å². The molecule has 130 valence electrons. The number of aliphatic hydroxyl groups excluding tert-OH is 1. The van der Waals surface area contributed by atoms with Crippen LogP contribution in [0, 0.1) is 0 Å². The zero-order valence-electron chi connectivity index (χ0n) is 14.3. The summed E-state index contributed by atoms with van der Waals surface area (Å²) in [5, 5.41) is 16.0. The first-order chi connectivity index (χ1) is 12.8. The summed E-state index contributed by atoms with van der Waals surface area (Å²) in [5.41, 5.74) is 2.67. The van der Waals surface area contributed by atoms with Crippen molar-refractivity contribution >= 4 is 10.8 Å². The maximum absolute atomic E-state index is 10.4. The van der Waals surface area contributed by atoms with Gasteiger partial charge >= 0.3 is 0 Å². The Hall–Kier alpha value is -2.95. The van der Waals surface area contributed by atoms with E-state index in [0.29, 0.717) is 19.0 Å². The van der Waals surface area contributed by atoms with Crippen LogP contribution < -0.4 is 5.32 Å². The van der Waals surface area contributed by atoms with E-state index in [1.807, 2.05) is 60.7 Å². The van der Waals surface area contributed by atoms with Gasteiger partial charge in [0.1, 0.15) is 6.26 Å². The molecule has 0 aliphatic rings. The summed E-state index contributed by atoms with van der Waals surface area (Å²) >= 11 is 0. The lowest BCUT2D eigenvalue weighted by molar-refractivity contribution is 0.174. The van der Waals surface area contributed by atoms with Gasteiger partial charge in [0.25, 0.3) is 0 Å². The Labute approximate surface area is 152 Å². The van der Waals surface area contributed by atoms with E-state index in [9.17, 15) is 5.11 Å². The summed E-state index contributed by atoms with van der Waals surface area (Å²) < 4.78 is 5.53. The van der Waals surface area contributed by atoms with Gasteiger partial charge in [-0.15, -0.1) is 0 Å². The van der Waals surface area contributed by atoms with Gasteiger partial charge in [0.15, 0.2) is 0 Å². The van der Waals surface area contributed by atoms with E-state index in [1.54, 1.807) is 6.26 Å². The number of nitrogens with one attached hydrogen (secondary N) is 1. The topological polar surface area (TPSA) is 58.3 Å². The molecule has 0 aliphatic heterocycles. The van der Waals surface area contributed by atoms with E-state index in [1.165, 1.54) is 5.39 Å². The van der Waals surface area contributed by atoms with E-state index in [-0.39, 0.29) is 0 Å². The third kappa shape index (κ3) is 3.67. The number of aromatic nitrogens is 1. The molecule has 0 saturated carbocycles. The number of nitrogens with zero attached hydrogens (tertiary/aromatic N) is 1. The average Bonchev–Trinajstić information content (AvgIpc) is 3.17. The van der Waals surface area contributed by atoms with Gasteiger partial charge in [-0.2, -0.15) is 0 Å². The van der Waals surface area contributed by atoms with Crippen molar-refractivity contribution in [3.8, 4) is 11.5 Å². The Kier molecular flexibility index (Phi) is 4.78. The molecular weight excluding hydrogens is 324 g/mol. The number of fused-ring (bicyclic) bond motifs is 1. The van der Waals surface area contributed by atoms with Crippen LogP contribution in [0.25, 0.3) is 22.2 Å². The number of rotatable bonds is 6. The van der Waals surface area contributed by atoms with Gasteiger partial charge in [0, 0.05) is 18.7 Å². The maximum atomic E-state index is 10.4. The van der Waals surface area contributed by atoms with Crippen LogP contribution in [0.3, 0.4) is 0 Å². The van der Waals surface area contributed by atoms with Crippen molar-refractivity contribution in [1.82, 2.24) is 10.3 Å². The lowest BCUT2D eigenvalue weighted by atomic mass is 10.0. The third-order valence-electron chi connectivity index (χ3n) is 4.37. The van der Waals surface area contributed by atoms with E-state index in [2.05, 4.69) is 22.4 Å². The quantitative estimate of drug-likeness (QED) is 0.547. The Morgan fingerprint density at radius 1 is 0.923 bits per heavy atom. The maximum Gasteiger partial charge on any atom is 0.226 e. The molecule has 0 spiro atoms. The molecule has 3 aromatic carbocycles. The second-order valence-corrected chi connectivity index (χ2v) is 6.26. The monoisotopic (exact) mass is 344 g/mol. The third-order valence-corrected chi connectivity index (χ3v) is 4.37.